The van der Waals surface area contributed by atoms with Crippen LogP contribution in [0.1, 0.15) is 47.1 Å². The molecule has 0 unspecified atom stereocenters. The number of nitrogens with zero attached hydrogens (tertiary/aromatic N) is 4. The first kappa shape index (κ1) is 25.9. The van der Waals surface area contributed by atoms with Crippen molar-refractivity contribution in [2.45, 2.75) is 38.4 Å². The van der Waals surface area contributed by atoms with E-state index in [1.54, 1.807) is 12.3 Å². The number of primary amides is 1. The summed E-state index contributed by atoms with van der Waals surface area (Å²) in [5.74, 6) is -2.05. The number of alkyl halides is 3. The Bertz CT molecular complexity index is 1070. The smallest absolute Gasteiger partial charge is 0.475 e. The number of carboxylic acid groups (broad SMARTS) is 1. The van der Waals surface area contributed by atoms with Gasteiger partial charge in [0.05, 0.1) is 12.9 Å². The van der Waals surface area contributed by atoms with Crippen molar-refractivity contribution in [3.8, 4) is 0 Å². The molecule has 1 atom stereocenters. The average Bonchev–Trinajstić information content (AvgIpc) is 3.47. The van der Waals surface area contributed by atoms with Gasteiger partial charge in [0.15, 0.2) is 0 Å². The number of rotatable bonds is 4. The number of hydroxylamine groups is 2. The molecule has 11 nitrogen and oxygen atoms in total. The zero-order chi connectivity index (χ0) is 25.8. The van der Waals surface area contributed by atoms with Gasteiger partial charge in [-0.25, -0.2) is 19.8 Å². The quantitative estimate of drug-likeness (QED) is 0.645. The van der Waals surface area contributed by atoms with E-state index in [2.05, 4.69) is 9.97 Å². The second-order valence-electron chi connectivity index (χ2n) is 8.02. The van der Waals surface area contributed by atoms with Gasteiger partial charge in [-0.15, -0.1) is 0 Å². The lowest BCUT2D eigenvalue weighted by Gasteiger charge is -2.34. The Labute approximate surface area is 197 Å². The molecule has 0 spiro atoms. The number of carboxylic acids is 1. The lowest BCUT2D eigenvalue weighted by Crippen LogP contribution is -2.42. The molecule has 2 aromatic rings. The van der Waals surface area contributed by atoms with Crippen LogP contribution in [0.4, 0.5) is 19.0 Å². The zero-order valence-corrected chi connectivity index (χ0v) is 18.7. The van der Waals surface area contributed by atoms with Crippen molar-refractivity contribution in [1.29, 1.82) is 0 Å². The van der Waals surface area contributed by atoms with Crippen molar-refractivity contribution in [2.24, 2.45) is 11.7 Å². The van der Waals surface area contributed by atoms with E-state index in [9.17, 15) is 22.8 Å². The molecule has 14 heteroatoms. The van der Waals surface area contributed by atoms with Gasteiger partial charge in [0.1, 0.15) is 29.6 Å². The number of aliphatic carboxylic acids is 1. The molecule has 35 heavy (non-hydrogen) atoms. The number of amides is 2. The number of hydrogen-bond acceptors (Lipinski definition) is 8. The third kappa shape index (κ3) is 6.47. The molecule has 4 heterocycles. The maximum Gasteiger partial charge on any atom is 0.490 e. The Kier molecular flexibility index (Phi) is 7.94. The summed E-state index contributed by atoms with van der Waals surface area (Å²) in [5.41, 5.74) is 6.50. The lowest BCUT2D eigenvalue weighted by molar-refractivity contribution is -0.192. The van der Waals surface area contributed by atoms with Crippen LogP contribution in [-0.4, -0.2) is 63.8 Å². The third-order valence-electron chi connectivity index (χ3n) is 5.52. The van der Waals surface area contributed by atoms with E-state index in [1.165, 1.54) is 11.4 Å². The number of furan rings is 1. The molecule has 2 aliphatic rings. The number of carbonyl (C=O) groups excluding carboxylic acids is 2. The Morgan fingerprint density at radius 3 is 2.34 bits per heavy atom. The summed E-state index contributed by atoms with van der Waals surface area (Å²) in [6, 6.07) is 3.37. The van der Waals surface area contributed by atoms with Gasteiger partial charge in [-0.3, -0.25) is 14.4 Å². The Hall–Kier alpha value is -3.68. The van der Waals surface area contributed by atoms with Crippen molar-refractivity contribution in [3.63, 3.8) is 0 Å². The van der Waals surface area contributed by atoms with E-state index in [-0.39, 0.29) is 23.6 Å². The minimum absolute atomic E-state index is 0.00304. The molecule has 2 aromatic heterocycles. The standard InChI is InChI=1S/C19H23N5O4.C2HF3O2/c1-12-8-16(27-10-12)15-4-7-28-24(15)19(26)13-2-5-23(6-3-13)17-9-14(18(20)25)21-11-22-17;3-2(4,5)1(6)7/h8-11,13,15H,2-7H2,1H3,(H2,20,25);(H,6,7)/t15-;/m0./s1. The summed E-state index contributed by atoms with van der Waals surface area (Å²) in [4.78, 5) is 49.0. The molecule has 0 aliphatic carbocycles. The van der Waals surface area contributed by atoms with E-state index >= 15 is 0 Å². The van der Waals surface area contributed by atoms with Crippen molar-refractivity contribution < 1.29 is 41.9 Å². The van der Waals surface area contributed by atoms with Gasteiger partial charge < -0.3 is 20.2 Å². The Morgan fingerprint density at radius 1 is 1.14 bits per heavy atom. The number of aryl methyl sites for hydroxylation is 1. The monoisotopic (exact) mass is 499 g/mol. The second kappa shape index (κ2) is 10.7. The molecule has 0 aromatic carbocycles. The number of hydrogen-bond donors (Lipinski definition) is 2. The Balaban J connectivity index is 0.000000429. The SMILES string of the molecule is Cc1coc([C@@H]2CCON2C(=O)C2CCN(c3cc(C(N)=O)ncn3)CC2)c1.O=C(O)C(F)(F)F. The van der Waals surface area contributed by atoms with Crippen LogP contribution in [0.2, 0.25) is 0 Å². The van der Waals surface area contributed by atoms with Gasteiger partial charge in [0, 0.05) is 31.5 Å². The third-order valence-corrected chi connectivity index (χ3v) is 5.52. The fourth-order valence-electron chi connectivity index (χ4n) is 3.76. The second-order valence-corrected chi connectivity index (χ2v) is 8.02. The summed E-state index contributed by atoms with van der Waals surface area (Å²) < 4.78 is 37.3. The zero-order valence-electron chi connectivity index (χ0n) is 18.7. The number of halogens is 3. The number of aromatic nitrogens is 2. The first-order valence-corrected chi connectivity index (χ1v) is 10.6. The lowest BCUT2D eigenvalue weighted by atomic mass is 9.95. The fourth-order valence-corrected chi connectivity index (χ4v) is 3.76. The molecule has 3 N–H and O–H groups in total. The minimum Gasteiger partial charge on any atom is -0.475 e. The van der Waals surface area contributed by atoms with Crippen LogP contribution in [-0.2, 0) is 14.4 Å². The van der Waals surface area contributed by atoms with E-state index in [4.69, 9.17) is 24.9 Å². The molecule has 2 amide bonds. The van der Waals surface area contributed by atoms with Crippen molar-refractivity contribution in [1.82, 2.24) is 15.0 Å². The summed E-state index contributed by atoms with van der Waals surface area (Å²) >= 11 is 0. The molecule has 2 aliphatic heterocycles. The highest BCUT2D eigenvalue weighted by Crippen LogP contribution is 2.34. The van der Waals surface area contributed by atoms with Crippen molar-refractivity contribution >= 4 is 23.6 Å². The van der Waals surface area contributed by atoms with E-state index in [1.807, 2.05) is 17.9 Å². The normalized spacial score (nSPS) is 18.7. The maximum atomic E-state index is 13.0. The maximum absolute atomic E-state index is 13.0. The minimum atomic E-state index is -5.08. The van der Waals surface area contributed by atoms with Gasteiger partial charge in [-0.2, -0.15) is 13.2 Å². The van der Waals surface area contributed by atoms with Gasteiger partial charge in [-0.1, -0.05) is 0 Å². The van der Waals surface area contributed by atoms with Gasteiger partial charge in [0.2, 0.25) is 5.91 Å². The van der Waals surface area contributed by atoms with E-state index in [0.717, 1.165) is 17.7 Å². The highest BCUT2D eigenvalue weighted by atomic mass is 19.4. The van der Waals surface area contributed by atoms with Crippen molar-refractivity contribution in [3.05, 3.63) is 41.7 Å². The van der Waals surface area contributed by atoms with Crippen LogP contribution in [0.5, 0.6) is 0 Å². The highest BCUT2D eigenvalue weighted by molar-refractivity contribution is 5.91. The largest absolute Gasteiger partial charge is 0.490 e. The van der Waals surface area contributed by atoms with Crippen LogP contribution >= 0.6 is 0 Å². The molecule has 4 rings (SSSR count). The molecule has 190 valence electrons. The molecule has 0 radical (unpaired) electrons. The highest BCUT2D eigenvalue weighted by Gasteiger charge is 2.39. The molecule has 0 bridgehead atoms. The summed E-state index contributed by atoms with van der Waals surface area (Å²) in [5, 5.41) is 8.62. The molecule has 2 saturated heterocycles. The number of anilines is 1. The molecular weight excluding hydrogens is 475 g/mol. The van der Waals surface area contributed by atoms with Crippen LogP contribution in [0.25, 0.3) is 0 Å². The summed E-state index contributed by atoms with van der Waals surface area (Å²) in [6.07, 6.45) is 0.0307. The van der Waals surface area contributed by atoms with E-state index in [0.29, 0.717) is 38.4 Å². The van der Waals surface area contributed by atoms with Crippen LogP contribution in [0.15, 0.2) is 29.1 Å². The molecular formula is C21H24F3N5O6. The first-order valence-electron chi connectivity index (χ1n) is 10.6. The van der Waals surface area contributed by atoms with Gasteiger partial charge >= 0.3 is 12.1 Å². The number of nitrogens with two attached hydrogens (primary N) is 1. The summed E-state index contributed by atoms with van der Waals surface area (Å²) in [6.45, 7) is 3.78. The number of piperidine rings is 1. The predicted octanol–water partition coefficient (Wildman–Crippen LogP) is 2.23. The number of carbonyl (C=O) groups is 3. The van der Waals surface area contributed by atoms with Gasteiger partial charge in [-0.05, 0) is 31.4 Å². The molecule has 0 saturated carbocycles. The molecule has 2 fully saturated rings. The van der Waals surface area contributed by atoms with Crippen LogP contribution in [0.3, 0.4) is 0 Å². The topological polar surface area (TPSA) is 152 Å². The Morgan fingerprint density at radius 2 is 1.80 bits per heavy atom. The predicted molar refractivity (Wildman–Crippen MR) is 113 cm³/mol. The van der Waals surface area contributed by atoms with Crippen molar-refractivity contribution in [2.75, 3.05) is 24.6 Å². The van der Waals surface area contributed by atoms with Crippen LogP contribution < -0.4 is 10.6 Å². The first-order chi connectivity index (χ1) is 16.5. The van der Waals surface area contributed by atoms with E-state index < -0.39 is 18.1 Å². The van der Waals surface area contributed by atoms with Gasteiger partial charge in [0.25, 0.3) is 5.91 Å². The summed E-state index contributed by atoms with van der Waals surface area (Å²) in [7, 11) is 0. The average molecular weight is 499 g/mol. The van der Waals surface area contributed by atoms with Crippen LogP contribution in [0, 0.1) is 12.8 Å². The fraction of sp³-hybridized carbons (Fsp3) is 0.476.